The monoisotopic (exact) mass is 302 g/mol. The van der Waals surface area contributed by atoms with E-state index in [1.807, 2.05) is 0 Å². The summed E-state index contributed by atoms with van der Waals surface area (Å²) in [6, 6.07) is 3.16. The van der Waals surface area contributed by atoms with Crippen LogP contribution in [0.4, 0.5) is 0 Å². The molecule has 1 rings (SSSR count). The molecule has 0 aliphatic rings. The van der Waals surface area contributed by atoms with Crippen molar-refractivity contribution < 1.29 is 14.6 Å². The highest BCUT2D eigenvalue weighted by Gasteiger charge is 2.15. The Morgan fingerprint density at radius 3 is 3.06 bits per heavy atom. The SMILES string of the molecule is COCC(CCO)NC(=O)c1cccnc1Br. The zero-order valence-electron chi connectivity index (χ0n) is 9.52. The van der Waals surface area contributed by atoms with Crippen LogP contribution in [0.25, 0.3) is 0 Å². The highest BCUT2D eigenvalue weighted by Crippen LogP contribution is 2.12. The fourth-order valence-electron chi connectivity index (χ4n) is 1.37. The fraction of sp³-hybridized carbons (Fsp3) is 0.455. The van der Waals surface area contributed by atoms with E-state index < -0.39 is 0 Å². The summed E-state index contributed by atoms with van der Waals surface area (Å²) in [7, 11) is 1.55. The van der Waals surface area contributed by atoms with E-state index in [-0.39, 0.29) is 18.6 Å². The molecular formula is C11H15BrN2O3. The van der Waals surface area contributed by atoms with Crippen LogP contribution < -0.4 is 5.32 Å². The van der Waals surface area contributed by atoms with Crippen molar-refractivity contribution in [2.24, 2.45) is 0 Å². The Labute approximate surface area is 108 Å². The average molecular weight is 303 g/mol. The standard InChI is InChI=1S/C11H15BrN2O3/c1-17-7-8(4-6-15)14-11(16)9-3-2-5-13-10(9)12/h2-3,5,8,15H,4,6-7H2,1H3,(H,14,16). The molecule has 0 spiro atoms. The molecule has 1 atom stereocenters. The molecule has 0 aliphatic carbocycles. The third-order valence-corrected chi connectivity index (χ3v) is 2.82. The van der Waals surface area contributed by atoms with Crippen molar-refractivity contribution in [2.75, 3.05) is 20.3 Å². The Morgan fingerprint density at radius 1 is 1.71 bits per heavy atom. The molecule has 0 radical (unpaired) electrons. The van der Waals surface area contributed by atoms with Gasteiger partial charge in [0.05, 0.1) is 18.2 Å². The van der Waals surface area contributed by atoms with Crippen LogP contribution in [0.5, 0.6) is 0 Å². The molecule has 0 aliphatic heterocycles. The van der Waals surface area contributed by atoms with Gasteiger partial charge in [0, 0.05) is 19.9 Å². The van der Waals surface area contributed by atoms with Crippen LogP contribution in [0.2, 0.25) is 0 Å². The maximum atomic E-state index is 11.9. The molecular weight excluding hydrogens is 288 g/mol. The predicted molar refractivity (Wildman–Crippen MR) is 66.8 cm³/mol. The summed E-state index contributed by atoms with van der Waals surface area (Å²) < 4.78 is 5.47. The van der Waals surface area contributed by atoms with Gasteiger partial charge in [-0.25, -0.2) is 4.98 Å². The lowest BCUT2D eigenvalue weighted by Crippen LogP contribution is -2.38. The number of pyridine rings is 1. The number of methoxy groups -OCH3 is 1. The second-order valence-corrected chi connectivity index (χ2v) is 4.23. The van der Waals surface area contributed by atoms with Crippen molar-refractivity contribution in [1.82, 2.24) is 10.3 Å². The maximum absolute atomic E-state index is 11.9. The molecule has 1 unspecified atom stereocenters. The number of hydrogen-bond acceptors (Lipinski definition) is 4. The summed E-state index contributed by atoms with van der Waals surface area (Å²) in [5.74, 6) is -0.236. The number of rotatable bonds is 6. The number of hydrogen-bond donors (Lipinski definition) is 2. The lowest BCUT2D eigenvalue weighted by molar-refractivity contribution is 0.0877. The van der Waals surface area contributed by atoms with Crippen LogP contribution in [0.15, 0.2) is 22.9 Å². The Kier molecular flexibility index (Phi) is 6.10. The molecule has 1 heterocycles. The first-order valence-electron chi connectivity index (χ1n) is 5.20. The molecule has 6 heteroatoms. The molecule has 1 aromatic heterocycles. The van der Waals surface area contributed by atoms with Crippen molar-refractivity contribution in [1.29, 1.82) is 0 Å². The minimum atomic E-state index is -0.236. The maximum Gasteiger partial charge on any atom is 0.254 e. The topological polar surface area (TPSA) is 71.5 Å². The van der Waals surface area contributed by atoms with Crippen molar-refractivity contribution in [2.45, 2.75) is 12.5 Å². The van der Waals surface area contributed by atoms with E-state index in [0.29, 0.717) is 23.2 Å². The van der Waals surface area contributed by atoms with E-state index in [1.54, 1.807) is 25.4 Å². The third-order valence-electron chi connectivity index (χ3n) is 2.18. The number of nitrogens with one attached hydrogen (secondary N) is 1. The molecule has 0 bridgehead atoms. The van der Waals surface area contributed by atoms with Crippen molar-refractivity contribution in [3.63, 3.8) is 0 Å². The molecule has 0 saturated carbocycles. The van der Waals surface area contributed by atoms with Gasteiger partial charge in [-0.05, 0) is 34.5 Å². The van der Waals surface area contributed by atoms with E-state index in [4.69, 9.17) is 9.84 Å². The van der Waals surface area contributed by atoms with Crippen LogP contribution in [0.1, 0.15) is 16.8 Å². The van der Waals surface area contributed by atoms with E-state index in [1.165, 1.54) is 0 Å². The predicted octanol–water partition coefficient (Wildman–Crippen LogP) is 0.971. The summed E-state index contributed by atoms with van der Waals surface area (Å²) in [6.07, 6.45) is 2.05. The van der Waals surface area contributed by atoms with Crippen LogP contribution >= 0.6 is 15.9 Å². The van der Waals surface area contributed by atoms with E-state index in [0.717, 1.165) is 0 Å². The third kappa shape index (κ3) is 4.41. The number of aliphatic hydroxyl groups is 1. The first-order chi connectivity index (χ1) is 8.19. The van der Waals surface area contributed by atoms with Gasteiger partial charge in [-0.1, -0.05) is 0 Å². The first kappa shape index (κ1) is 14.1. The minimum Gasteiger partial charge on any atom is -0.396 e. The van der Waals surface area contributed by atoms with Crippen LogP contribution in [-0.4, -0.2) is 42.4 Å². The Bertz CT molecular complexity index is 367. The lowest BCUT2D eigenvalue weighted by atomic mass is 10.2. The van der Waals surface area contributed by atoms with Crippen molar-refractivity contribution >= 4 is 21.8 Å². The summed E-state index contributed by atoms with van der Waals surface area (Å²) in [4.78, 5) is 15.9. The highest BCUT2D eigenvalue weighted by atomic mass is 79.9. The van der Waals surface area contributed by atoms with Gasteiger partial charge in [0.2, 0.25) is 0 Å². The number of carbonyl (C=O) groups is 1. The van der Waals surface area contributed by atoms with E-state index >= 15 is 0 Å². The molecule has 0 fully saturated rings. The quantitative estimate of drug-likeness (QED) is 0.768. The van der Waals surface area contributed by atoms with E-state index in [9.17, 15) is 4.79 Å². The first-order valence-corrected chi connectivity index (χ1v) is 5.99. The van der Waals surface area contributed by atoms with Gasteiger partial charge in [-0.3, -0.25) is 4.79 Å². The van der Waals surface area contributed by atoms with Gasteiger partial charge in [-0.15, -0.1) is 0 Å². The summed E-state index contributed by atoms with van der Waals surface area (Å²) >= 11 is 3.21. The van der Waals surface area contributed by atoms with Crippen molar-refractivity contribution in [3.05, 3.63) is 28.5 Å². The minimum absolute atomic E-state index is 0.00250. The van der Waals surface area contributed by atoms with E-state index in [2.05, 4.69) is 26.2 Å². The smallest absolute Gasteiger partial charge is 0.254 e. The van der Waals surface area contributed by atoms with Crippen LogP contribution in [0.3, 0.4) is 0 Å². The summed E-state index contributed by atoms with van der Waals surface area (Å²) in [6.45, 7) is 0.368. The number of amides is 1. The Hall–Kier alpha value is -0.980. The van der Waals surface area contributed by atoms with Crippen LogP contribution in [-0.2, 0) is 4.74 Å². The summed E-state index contributed by atoms with van der Waals surface area (Å²) in [5.41, 5.74) is 0.464. The van der Waals surface area contributed by atoms with Crippen molar-refractivity contribution in [3.8, 4) is 0 Å². The van der Waals surface area contributed by atoms with Gasteiger partial charge in [0.25, 0.3) is 5.91 Å². The van der Waals surface area contributed by atoms with Gasteiger partial charge < -0.3 is 15.2 Å². The fourth-order valence-corrected chi connectivity index (χ4v) is 1.80. The molecule has 17 heavy (non-hydrogen) atoms. The zero-order chi connectivity index (χ0) is 12.7. The molecule has 1 aromatic rings. The molecule has 0 aromatic carbocycles. The Balaban J connectivity index is 2.67. The molecule has 1 amide bonds. The lowest BCUT2D eigenvalue weighted by Gasteiger charge is -2.17. The number of halogens is 1. The normalized spacial score (nSPS) is 12.2. The van der Waals surface area contributed by atoms with Gasteiger partial charge in [-0.2, -0.15) is 0 Å². The number of ether oxygens (including phenoxy) is 1. The molecule has 5 nitrogen and oxygen atoms in total. The number of nitrogens with zero attached hydrogens (tertiary/aromatic N) is 1. The molecule has 2 N–H and O–H groups in total. The largest absolute Gasteiger partial charge is 0.396 e. The highest BCUT2D eigenvalue weighted by molar-refractivity contribution is 9.10. The van der Waals surface area contributed by atoms with Gasteiger partial charge >= 0.3 is 0 Å². The van der Waals surface area contributed by atoms with Crippen LogP contribution in [0, 0.1) is 0 Å². The van der Waals surface area contributed by atoms with Gasteiger partial charge in [0.1, 0.15) is 4.60 Å². The van der Waals surface area contributed by atoms with Gasteiger partial charge in [0.15, 0.2) is 0 Å². The molecule has 94 valence electrons. The second-order valence-electron chi connectivity index (χ2n) is 3.48. The average Bonchev–Trinajstić information content (AvgIpc) is 2.30. The summed E-state index contributed by atoms with van der Waals surface area (Å²) in [5, 5.41) is 11.7. The second kappa shape index (κ2) is 7.37. The number of aliphatic hydroxyl groups excluding tert-OH is 1. The number of carbonyl (C=O) groups excluding carboxylic acids is 1. The number of aromatic nitrogens is 1. The Morgan fingerprint density at radius 2 is 2.47 bits per heavy atom. The zero-order valence-corrected chi connectivity index (χ0v) is 11.1. The molecule has 0 saturated heterocycles.